The summed E-state index contributed by atoms with van der Waals surface area (Å²) in [5, 5.41) is 6.65. The summed E-state index contributed by atoms with van der Waals surface area (Å²) in [4.78, 5) is 14.6. The van der Waals surface area contributed by atoms with Crippen LogP contribution >= 0.6 is 0 Å². The van der Waals surface area contributed by atoms with E-state index in [4.69, 9.17) is 0 Å². The van der Waals surface area contributed by atoms with Crippen molar-refractivity contribution in [1.82, 2.24) is 10.2 Å². The number of hydrogen-bond donors (Lipinski definition) is 2. The monoisotopic (exact) mass is 245 g/mol. The lowest BCUT2D eigenvalue weighted by Crippen LogP contribution is -2.38. The van der Waals surface area contributed by atoms with Gasteiger partial charge in [0.15, 0.2) is 0 Å². The minimum absolute atomic E-state index is 0.000648. The number of anilines is 1. The standard InChI is InChI=1S/C14H19N3O/c18-14(17-8-3-6-15-7-9-17)12-10-16-13-5-2-1-4-11(12)13/h1-2,4-5,12,15-16H,3,6-10H2. The van der Waals surface area contributed by atoms with Crippen LogP contribution in [-0.2, 0) is 4.79 Å². The molecule has 0 aromatic heterocycles. The second-order valence-corrected chi connectivity index (χ2v) is 4.95. The topological polar surface area (TPSA) is 44.4 Å². The van der Waals surface area contributed by atoms with Crippen LogP contribution in [0, 0.1) is 0 Å². The molecule has 0 aliphatic carbocycles. The summed E-state index contributed by atoms with van der Waals surface area (Å²) >= 11 is 0. The van der Waals surface area contributed by atoms with Gasteiger partial charge in [0.2, 0.25) is 5.91 Å². The highest BCUT2D eigenvalue weighted by molar-refractivity contribution is 5.88. The summed E-state index contributed by atoms with van der Waals surface area (Å²) in [5.74, 6) is 0.274. The molecule has 18 heavy (non-hydrogen) atoms. The van der Waals surface area contributed by atoms with Crippen molar-refractivity contribution >= 4 is 11.6 Å². The lowest BCUT2D eigenvalue weighted by atomic mass is 10.00. The van der Waals surface area contributed by atoms with Crippen molar-refractivity contribution < 1.29 is 4.79 Å². The molecular weight excluding hydrogens is 226 g/mol. The number of carbonyl (C=O) groups excluding carboxylic acids is 1. The molecule has 1 aromatic rings. The van der Waals surface area contributed by atoms with Crippen molar-refractivity contribution in [2.75, 3.05) is 38.0 Å². The second kappa shape index (κ2) is 4.98. The molecule has 4 heteroatoms. The van der Waals surface area contributed by atoms with E-state index in [-0.39, 0.29) is 11.8 Å². The lowest BCUT2D eigenvalue weighted by molar-refractivity contribution is -0.132. The van der Waals surface area contributed by atoms with Gasteiger partial charge in [0.1, 0.15) is 0 Å². The van der Waals surface area contributed by atoms with Crippen molar-refractivity contribution in [1.29, 1.82) is 0 Å². The van der Waals surface area contributed by atoms with Gasteiger partial charge >= 0.3 is 0 Å². The first-order valence-electron chi connectivity index (χ1n) is 6.68. The fourth-order valence-electron chi connectivity index (χ4n) is 2.79. The third kappa shape index (κ3) is 2.08. The van der Waals surface area contributed by atoms with Gasteiger partial charge in [-0.1, -0.05) is 18.2 Å². The summed E-state index contributed by atoms with van der Waals surface area (Å²) in [7, 11) is 0. The molecule has 1 amide bonds. The summed E-state index contributed by atoms with van der Waals surface area (Å²) in [6.45, 7) is 4.38. The molecule has 1 aromatic carbocycles. The van der Waals surface area contributed by atoms with Crippen LogP contribution in [0.1, 0.15) is 17.9 Å². The summed E-state index contributed by atoms with van der Waals surface area (Å²) in [6.07, 6.45) is 1.05. The number of hydrogen-bond acceptors (Lipinski definition) is 3. The van der Waals surface area contributed by atoms with Gasteiger partial charge in [-0.15, -0.1) is 0 Å². The fraction of sp³-hybridized carbons (Fsp3) is 0.500. The first-order chi connectivity index (χ1) is 8.86. The quantitative estimate of drug-likeness (QED) is 0.776. The number of rotatable bonds is 1. The van der Waals surface area contributed by atoms with Crippen LogP contribution in [0.3, 0.4) is 0 Å². The number of carbonyl (C=O) groups is 1. The Morgan fingerprint density at radius 2 is 2.11 bits per heavy atom. The number of para-hydroxylation sites is 1. The van der Waals surface area contributed by atoms with Crippen molar-refractivity contribution in [3.05, 3.63) is 29.8 Å². The molecule has 1 unspecified atom stereocenters. The third-order valence-electron chi connectivity index (χ3n) is 3.78. The van der Waals surface area contributed by atoms with Gasteiger partial charge in [-0.05, 0) is 24.6 Å². The van der Waals surface area contributed by atoms with E-state index in [1.165, 1.54) is 0 Å². The largest absolute Gasteiger partial charge is 0.384 e. The average Bonchev–Trinajstić information content (AvgIpc) is 2.65. The van der Waals surface area contributed by atoms with Crippen LogP contribution in [0.4, 0.5) is 5.69 Å². The van der Waals surface area contributed by atoms with E-state index < -0.39 is 0 Å². The van der Waals surface area contributed by atoms with E-state index in [2.05, 4.69) is 16.7 Å². The molecule has 0 spiro atoms. The molecule has 0 saturated carbocycles. The van der Waals surface area contributed by atoms with Gasteiger partial charge in [0.05, 0.1) is 5.92 Å². The van der Waals surface area contributed by atoms with Crippen LogP contribution in [0.2, 0.25) is 0 Å². The zero-order valence-electron chi connectivity index (χ0n) is 10.5. The Morgan fingerprint density at radius 3 is 3.06 bits per heavy atom. The minimum atomic E-state index is -0.000648. The molecule has 2 aliphatic rings. The SMILES string of the molecule is O=C(C1CNc2ccccc21)N1CCCNCC1. The molecule has 1 saturated heterocycles. The van der Waals surface area contributed by atoms with Crippen LogP contribution in [0.5, 0.6) is 0 Å². The normalized spacial score (nSPS) is 23.1. The van der Waals surface area contributed by atoms with Crippen molar-refractivity contribution in [2.45, 2.75) is 12.3 Å². The lowest BCUT2D eigenvalue weighted by Gasteiger charge is -2.23. The highest BCUT2D eigenvalue weighted by atomic mass is 16.2. The van der Waals surface area contributed by atoms with Crippen molar-refractivity contribution in [3.8, 4) is 0 Å². The van der Waals surface area contributed by atoms with Gasteiger partial charge in [-0.2, -0.15) is 0 Å². The average molecular weight is 245 g/mol. The molecule has 2 N–H and O–H groups in total. The van der Waals surface area contributed by atoms with Gasteiger partial charge in [-0.25, -0.2) is 0 Å². The molecule has 96 valence electrons. The van der Waals surface area contributed by atoms with E-state index >= 15 is 0 Å². The maximum atomic E-state index is 12.6. The van der Waals surface area contributed by atoms with Crippen molar-refractivity contribution in [3.63, 3.8) is 0 Å². The summed E-state index contributed by atoms with van der Waals surface area (Å²) in [6, 6.07) is 8.13. The van der Waals surface area contributed by atoms with Gasteiger partial charge in [0.25, 0.3) is 0 Å². The molecule has 3 rings (SSSR count). The van der Waals surface area contributed by atoms with E-state index in [0.29, 0.717) is 0 Å². The Kier molecular flexibility index (Phi) is 3.19. The predicted octanol–water partition coefficient (Wildman–Crippen LogP) is 1.02. The number of nitrogens with one attached hydrogen (secondary N) is 2. The van der Waals surface area contributed by atoms with Gasteiger partial charge in [0, 0.05) is 31.9 Å². The Balaban J connectivity index is 1.77. The number of nitrogens with zero attached hydrogens (tertiary/aromatic N) is 1. The Morgan fingerprint density at radius 1 is 1.22 bits per heavy atom. The molecule has 2 aliphatic heterocycles. The first kappa shape index (κ1) is 11.5. The van der Waals surface area contributed by atoms with E-state index in [1.807, 2.05) is 23.1 Å². The zero-order valence-corrected chi connectivity index (χ0v) is 10.5. The van der Waals surface area contributed by atoms with Crippen LogP contribution in [0.25, 0.3) is 0 Å². The highest BCUT2D eigenvalue weighted by Gasteiger charge is 2.31. The summed E-state index contributed by atoms with van der Waals surface area (Å²) in [5.41, 5.74) is 2.27. The smallest absolute Gasteiger partial charge is 0.232 e. The maximum Gasteiger partial charge on any atom is 0.232 e. The molecule has 1 fully saturated rings. The van der Waals surface area contributed by atoms with Gasteiger partial charge in [-0.3, -0.25) is 4.79 Å². The summed E-state index contributed by atoms with van der Waals surface area (Å²) < 4.78 is 0. The molecule has 0 bridgehead atoms. The van der Waals surface area contributed by atoms with E-state index in [9.17, 15) is 4.79 Å². The Hall–Kier alpha value is -1.55. The molecule has 0 radical (unpaired) electrons. The number of fused-ring (bicyclic) bond motifs is 1. The molecule has 4 nitrogen and oxygen atoms in total. The van der Waals surface area contributed by atoms with Crippen LogP contribution < -0.4 is 10.6 Å². The molecule has 1 atom stereocenters. The number of benzene rings is 1. The predicted molar refractivity (Wildman–Crippen MR) is 71.7 cm³/mol. The minimum Gasteiger partial charge on any atom is -0.384 e. The maximum absolute atomic E-state index is 12.6. The molecular formula is C14H19N3O. The van der Waals surface area contributed by atoms with E-state index in [1.54, 1.807) is 0 Å². The fourth-order valence-corrected chi connectivity index (χ4v) is 2.79. The highest BCUT2D eigenvalue weighted by Crippen LogP contribution is 2.32. The number of amides is 1. The van der Waals surface area contributed by atoms with E-state index in [0.717, 1.165) is 50.4 Å². The zero-order chi connectivity index (χ0) is 12.4. The van der Waals surface area contributed by atoms with Crippen molar-refractivity contribution in [2.24, 2.45) is 0 Å². The van der Waals surface area contributed by atoms with Crippen LogP contribution in [0.15, 0.2) is 24.3 Å². The first-order valence-corrected chi connectivity index (χ1v) is 6.68. The molecule has 2 heterocycles. The van der Waals surface area contributed by atoms with Crippen LogP contribution in [-0.4, -0.2) is 43.5 Å². The Labute approximate surface area is 107 Å². The third-order valence-corrected chi connectivity index (χ3v) is 3.78. The Bertz CT molecular complexity index is 438. The van der Waals surface area contributed by atoms with Gasteiger partial charge < -0.3 is 15.5 Å². The second-order valence-electron chi connectivity index (χ2n) is 4.95.